The zero-order valence-corrected chi connectivity index (χ0v) is 28.1. The summed E-state index contributed by atoms with van der Waals surface area (Å²) in [7, 11) is 0. The van der Waals surface area contributed by atoms with Crippen molar-refractivity contribution in [2.75, 3.05) is 15.5 Å². The van der Waals surface area contributed by atoms with Crippen molar-refractivity contribution in [2.45, 2.75) is 52.2 Å². The number of anilines is 3. The lowest BCUT2D eigenvalue weighted by Crippen LogP contribution is -2.40. The number of allylic oxidation sites excluding steroid dienone is 1. The van der Waals surface area contributed by atoms with Gasteiger partial charge in [0.25, 0.3) is 0 Å². The van der Waals surface area contributed by atoms with E-state index in [2.05, 4.69) is 10.6 Å². The van der Waals surface area contributed by atoms with Gasteiger partial charge in [-0.05, 0) is 59.4 Å². The standard InChI is InChI=1S/C38H35Cl2N3O5/c1-38(2)20-29-35(32(45)21-38)37(25-16-15-24(19-27(25)40)48-22-23-9-4-3-5-10-23)43(30-13-8-14-31(44)36(30)42-29)34(47)18-17-33(46)41-28-12-7-6-11-26(28)39/h3-16,19,37,42,44H,17-18,20-22H2,1-2H3,(H,41,46). The number of fused-ring (bicyclic) bond motifs is 1. The van der Waals surface area contributed by atoms with Crippen molar-refractivity contribution in [3.63, 3.8) is 0 Å². The third-order valence-corrected chi connectivity index (χ3v) is 9.16. The Balaban J connectivity index is 1.40. The minimum Gasteiger partial charge on any atom is -0.506 e. The molecule has 4 aromatic rings. The van der Waals surface area contributed by atoms with Gasteiger partial charge in [0.1, 0.15) is 23.8 Å². The van der Waals surface area contributed by atoms with E-state index in [0.29, 0.717) is 62.7 Å². The zero-order valence-electron chi connectivity index (χ0n) is 26.6. The quantitative estimate of drug-likeness (QED) is 0.160. The van der Waals surface area contributed by atoms with Gasteiger partial charge in [-0.2, -0.15) is 0 Å². The third kappa shape index (κ3) is 7.05. The number of rotatable bonds is 8. The van der Waals surface area contributed by atoms with Crippen LogP contribution in [-0.4, -0.2) is 22.7 Å². The van der Waals surface area contributed by atoms with Gasteiger partial charge in [-0.3, -0.25) is 19.3 Å². The number of Topliss-reactive ketones (excluding diaryl/α,β-unsaturated/α-hetero) is 1. The van der Waals surface area contributed by atoms with E-state index in [1.165, 1.54) is 11.0 Å². The van der Waals surface area contributed by atoms with E-state index < -0.39 is 17.9 Å². The fourth-order valence-corrected chi connectivity index (χ4v) is 6.75. The Morgan fingerprint density at radius 1 is 0.938 bits per heavy atom. The lowest BCUT2D eigenvalue weighted by atomic mass is 9.73. The van der Waals surface area contributed by atoms with Gasteiger partial charge in [-0.25, -0.2) is 0 Å². The van der Waals surface area contributed by atoms with Gasteiger partial charge in [0, 0.05) is 35.6 Å². The molecule has 1 atom stereocenters. The second kappa shape index (κ2) is 13.7. The average Bonchev–Trinajstić information content (AvgIpc) is 3.19. The summed E-state index contributed by atoms with van der Waals surface area (Å²) in [5, 5.41) is 17.8. The van der Waals surface area contributed by atoms with Crippen molar-refractivity contribution in [1.82, 2.24) is 0 Å². The third-order valence-electron chi connectivity index (χ3n) is 8.50. The summed E-state index contributed by atoms with van der Waals surface area (Å²) in [5.41, 5.74) is 3.22. The number of carbonyl (C=O) groups excluding carboxylic acids is 3. The highest BCUT2D eigenvalue weighted by Gasteiger charge is 2.44. The van der Waals surface area contributed by atoms with E-state index in [1.54, 1.807) is 54.6 Å². The Labute approximate surface area is 289 Å². The number of benzene rings is 4. The molecule has 246 valence electrons. The lowest BCUT2D eigenvalue weighted by molar-refractivity contribution is -0.123. The molecule has 2 amide bonds. The number of aromatic hydroxyl groups is 1. The normalized spacial score (nSPS) is 16.7. The molecule has 2 aliphatic rings. The number of ketones is 1. The molecule has 0 saturated heterocycles. The monoisotopic (exact) mass is 683 g/mol. The minimum absolute atomic E-state index is 0.0825. The molecule has 0 radical (unpaired) electrons. The van der Waals surface area contributed by atoms with Crippen LogP contribution in [0.3, 0.4) is 0 Å². The van der Waals surface area contributed by atoms with Gasteiger partial charge >= 0.3 is 0 Å². The number of nitrogens with zero attached hydrogens (tertiary/aromatic N) is 1. The number of phenols is 1. The second-order valence-corrected chi connectivity index (χ2v) is 13.6. The van der Waals surface area contributed by atoms with E-state index in [4.69, 9.17) is 27.9 Å². The fourth-order valence-electron chi connectivity index (χ4n) is 6.29. The molecule has 1 heterocycles. The van der Waals surface area contributed by atoms with Gasteiger partial charge in [0.2, 0.25) is 11.8 Å². The van der Waals surface area contributed by atoms with E-state index in [1.807, 2.05) is 44.2 Å². The van der Waals surface area contributed by atoms with Gasteiger partial charge in [-0.1, -0.05) is 91.6 Å². The number of phenolic OH excluding ortho intramolecular Hbond substituents is 1. The van der Waals surface area contributed by atoms with Crippen molar-refractivity contribution in [2.24, 2.45) is 5.41 Å². The highest BCUT2D eigenvalue weighted by Crippen LogP contribution is 2.51. The number of halogens is 2. The number of hydrogen-bond donors (Lipinski definition) is 3. The Kier molecular flexibility index (Phi) is 9.49. The molecule has 8 nitrogen and oxygen atoms in total. The van der Waals surface area contributed by atoms with Crippen LogP contribution in [0.2, 0.25) is 10.0 Å². The molecule has 1 unspecified atom stereocenters. The van der Waals surface area contributed by atoms with E-state index in [9.17, 15) is 19.5 Å². The maximum absolute atomic E-state index is 14.4. The van der Waals surface area contributed by atoms with Gasteiger partial charge in [0.15, 0.2) is 5.78 Å². The number of nitrogens with one attached hydrogen (secondary N) is 2. The maximum Gasteiger partial charge on any atom is 0.228 e. The first kappa shape index (κ1) is 33.1. The van der Waals surface area contributed by atoms with Crippen molar-refractivity contribution < 1.29 is 24.2 Å². The Bertz CT molecular complexity index is 1920. The summed E-state index contributed by atoms with van der Waals surface area (Å²) in [6.45, 7) is 4.35. The van der Waals surface area contributed by atoms with Crippen molar-refractivity contribution in [3.8, 4) is 11.5 Å². The van der Waals surface area contributed by atoms with Gasteiger partial charge in [-0.15, -0.1) is 0 Å². The number of carbonyl (C=O) groups is 3. The van der Waals surface area contributed by atoms with E-state index in [-0.39, 0.29) is 36.2 Å². The molecular weight excluding hydrogens is 649 g/mol. The van der Waals surface area contributed by atoms with Crippen LogP contribution in [0.1, 0.15) is 56.7 Å². The largest absolute Gasteiger partial charge is 0.506 e. The fraction of sp³-hybridized carbons (Fsp3) is 0.237. The molecule has 3 N–H and O–H groups in total. The van der Waals surface area contributed by atoms with Gasteiger partial charge in [0.05, 0.1) is 22.4 Å². The predicted octanol–water partition coefficient (Wildman–Crippen LogP) is 8.84. The molecule has 6 rings (SSSR count). The van der Waals surface area contributed by atoms with Crippen LogP contribution >= 0.6 is 23.2 Å². The molecule has 1 aliphatic heterocycles. The molecule has 1 aliphatic carbocycles. The topological polar surface area (TPSA) is 108 Å². The predicted molar refractivity (Wildman–Crippen MR) is 189 cm³/mol. The molecule has 10 heteroatoms. The first-order valence-electron chi connectivity index (χ1n) is 15.7. The minimum atomic E-state index is -0.950. The van der Waals surface area contributed by atoms with Crippen molar-refractivity contribution in [3.05, 3.63) is 123 Å². The Morgan fingerprint density at radius 3 is 2.44 bits per heavy atom. The number of amides is 2. The average molecular weight is 685 g/mol. The molecule has 0 saturated carbocycles. The van der Waals surface area contributed by atoms with Crippen LogP contribution in [-0.2, 0) is 21.0 Å². The molecule has 0 spiro atoms. The summed E-state index contributed by atoms with van der Waals surface area (Å²) < 4.78 is 6.02. The number of ether oxygens (including phenoxy) is 1. The molecule has 4 aromatic carbocycles. The van der Waals surface area contributed by atoms with Crippen LogP contribution in [0, 0.1) is 5.41 Å². The van der Waals surface area contributed by atoms with Crippen molar-refractivity contribution >= 4 is 57.9 Å². The smallest absolute Gasteiger partial charge is 0.228 e. The SMILES string of the molecule is CC1(C)CC(=O)C2=C(C1)Nc1c(O)cccc1N(C(=O)CCC(=O)Nc1ccccc1Cl)C2c1ccc(OCc2ccccc2)cc1Cl. The first-order valence-corrected chi connectivity index (χ1v) is 16.4. The highest BCUT2D eigenvalue weighted by molar-refractivity contribution is 6.33. The van der Waals surface area contributed by atoms with Crippen LogP contribution in [0.25, 0.3) is 0 Å². The summed E-state index contributed by atoms with van der Waals surface area (Å²) in [6, 6.07) is 25.7. The van der Waals surface area contributed by atoms with Crippen molar-refractivity contribution in [1.29, 1.82) is 0 Å². The molecule has 48 heavy (non-hydrogen) atoms. The summed E-state index contributed by atoms with van der Waals surface area (Å²) in [5.74, 6) is -0.529. The summed E-state index contributed by atoms with van der Waals surface area (Å²) >= 11 is 13.2. The van der Waals surface area contributed by atoms with Crippen LogP contribution in [0.15, 0.2) is 102 Å². The molecule has 0 fully saturated rings. The zero-order chi connectivity index (χ0) is 34.0. The second-order valence-electron chi connectivity index (χ2n) is 12.8. The van der Waals surface area contributed by atoms with E-state index >= 15 is 0 Å². The maximum atomic E-state index is 14.4. The van der Waals surface area contributed by atoms with E-state index in [0.717, 1.165) is 5.56 Å². The van der Waals surface area contributed by atoms with Gasteiger partial charge < -0.3 is 20.5 Å². The van der Waals surface area contributed by atoms with Crippen LogP contribution in [0.5, 0.6) is 11.5 Å². The van der Waals surface area contributed by atoms with Crippen LogP contribution in [0.4, 0.5) is 17.1 Å². The Hall–Kier alpha value is -4.79. The highest BCUT2D eigenvalue weighted by atomic mass is 35.5. The summed E-state index contributed by atoms with van der Waals surface area (Å²) in [6.07, 6.45) is 0.406. The van der Waals surface area contributed by atoms with Crippen LogP contribution < -0.4 is 20.3 Å². The molecular formula is C38H35Cl2N3O5. The lowest BCUT2D eigenvalue weighted by Gasteiger charge is -2.37. The molecule has 0 bridgehead atoms. The summed E-state index contributed by atoms with van der Waals surface area (Å²) in [4.78, 5) is 42.9. The molecule has 0 aromatic heterocycles. The Morgan fingerprint density at radius 2 is 1.69 bits per heavy atom. The number of para-hydroxylation sites is 2. The number of hydrogen-bond acceptors (Lipinski definition) is 6. The first-order chi connectivity index (χ1) is 23.0.